The van der Waals surface area contributed by atoms with Crippen molar-refractivity contribution in [2.75, 3.05) is 20.3 Å². The Kier molecular flexibility index (Phi) is 4.65. The highest BCUT2D eigenvalue weighted by molar-refractivity contribution is 5.43. The number of rotatable bonds is 5. The molecule has 98 valence electrons. The van der Waals surface area contributed by atoms with E-state index in [1.807, 2.05) is 12.1 Å². The molecule has 1 heterocycles. The molecule has 0 aromatic heterocycles. The van der Waals surface area contributed by atoms with Gasteiger partial charge in [0.25, 0.3) is 0 Å². The van der Waals surface area contributed by atoms with E-state index in [2.05, 4.69) is 30.5 Å². The highest BCUT2D eigenvalue weighted by Crippen LogP contribution is 2.34. The second-order valence-corrected chi connectivity index (χ2v) is 4.41. The van der Waals surface area contributed by atoms with Crippen molar-refractivity contribution < 1.29 is 9.47 Å². The molecular formula is C15H21NO2. The first-order chi connectivity index (χ1) is 8.85. The average Bonchev–Trinajstić information content (AvgIpc) is 2.43. The Morgan fingerprint density at radius 2 is 2.39 bits per heavy atom. The van der Waals surface area contributed by atoms with E-state index >= 15 is 0 Å². The minimum Gasteiger partial charge on any atom is -0.497 e. The molecule has 1 unspecified atom stereocenters. The van der Waals surface area contributed by atoms with Crippen molar-refractivity contribution in [1.82, 2.24) is 5.32 Å². The molecule has 1 N–H and O–H groups in total. The molecule has 1 aromatic rings. The summed E-state index contributed by atoms with van der Waals surface area (Å²) in [7, 11) is 1.69. The second kappa shape index (κ2) is 6.45. The normalized spacial score (nSPS) is 18.4. The third kappa shape index (κ3) is 3.05. The Balaban J connectivity index is 2.06. The van der Waals surface area contributed by atoms with Crippen LogP contribution in [0.1, 0.15) is 31.4 Å². The summed E-state index contributed by atoms with van der Waals surface area (Å²) in [6.45, 7) is 3.82. The minimum absolute atomic E-state index is 0.370. The quantitative estimate of drug-likeness (QED) is 0.640. The zero-order chi connectivity index (χ0) is 12.8. The Labute approximate surface area is 109 Å². The van der Waals surface area contributed by atoms with Crippen LogP contribution in [-0.2, 0) is 0 Å². The van der Waals surface area contributed by atoms with Gasteiger partial charge < -0.3 is 14.8 Å². The Morgan fingerprint density at radius 3 is 3.17 bits per heavy atom. The zero-order valence-corrected chi connectivity index (χ0v) is 11.1. The van der Waals surface area contributed by atoms with Gasteiger partial charge in [-0.3, -0.25) is 0 Å². The van der Waals surface area contributed by atoms with Gasteiger partial charge in [0.05, 0.1) is 13.7 Å². The Bertz CT molecular complexity index is 415. The molecule has 0 bridgehead atoms. The van der Waals surface area contributed by atoms with E-state index in [0.29, 0.717) is 6.04 Å². The molecule has 0 radical (unpaired) electrons. The van der Waals surface area contributed by atoms with Gasteiger partial charge in [-0.05, 0) is 38.1 Å². The van der Waals surface area contributed by atoms with Gasteiger partial charge in [0.1, 0.15) is 11.5 Å². The zero-order valence-electron chi connectivity index (χ0n) is 11.1. The van der Waals surface area contributed by atoms with Gasteiger partial charge >= 0.3 is 0 Å². The van der Waals surface area contributed by atoms with Crippen LogP contribution >= 0.6 is 0 Å². The SMILES string of the molecule is C/C=C/CCNC1CCOc2ccc(OC)cc21. The molecule has 0 saturated heterocycles. The van der Waals surface area contributed by atoms with Gasteiger partial charge in [-0.2, -0.15) is 0 Å². The summed E-state index contributed by atoms with van der Waals surface area (Å²) >= 11 is 0. The van der Waals surface area contributed by atoms with Gasteiger partial charge in [0.15, 0.2) is 0 Å². The van der Waals surface area contributed by atoms with Crippen molar-refractivity contribution >= 4 is 0 Å². The molecule has 1 atom stereocenters. The number of benzene rings is 1. The van der Waals surface area contributed by atoms with Crippen molar-refractivity contribution in [1.29, 1.82) is 0 Å². The first kappa shape index (κ1) is 13.0. The average molecular weight is 247 g/mol. The summed E-state index contributed by atoms with van der Waals surface area (Å²) in [5, 5.41) is 3.58. The summed E-state index contributed by atoms with van der Waals surface area (Å²) in [6.07, 6.45) is 6.34. The molecule has 0 fully saturated rings. The van der Waals surface area contributed by atoms with Gasteiger partial charge in [-0.1, -0.05) is 12.2 Å². The summed E-state index contributed by atoms with van der Waals surface area (Å²) in [4.78, 5) is 0. The molecule has 18 heavy (non-hydrogen) atoms. The molecule has 3 heteroatoms. The summed E-state index contributed by atoms with van der Waals surface area (Å²) < 4.78 is 10.9. The largest absolute Gasteiger partial charge is 0.497 e. The predicted molar refractivity (Wildman–Crippen MR) is 73.3 cm³/mol. The van der Waals surface area contributed by atoms with Crippen molar-refractivity contribution in [2.24, 2.45) is 0 Å². The fourth-order valence-corrected chi connectivity index (χ4v) is 2.22. The maximum absolute atomic E-state index is 5.67. The highest BCUT2D eigenvalue weighted by Gasteiger charge is 2.21. The molecule has 1 aliphatic rings. The number of fused-ring (bicyclic) bond motifs is 1. The van der Waals surface area contributed by atoms with Gasteiger partial charge in [-0.15, -0.1) is 0 Å². The third-order valence-corrected chi connectivity index (χ3v) is 3.19. The molecular weight excluding hydrogens is 226 g/mol. The van der Waals surface area contributed by atoms with Crippen LogP contribution in [-0.4, -0.2) is 20.3 Å². The van der Waals surface area contributed by atoms with E-state index in [-0.39, 0.29) is 0 Å². The maximum Gasteiger partial charge on any atom is 0.124 e. The van der Waals surface area contributed by atoms with Crippen LogP contribution in [0.3, 0.4) is 0 Å². The monoisotopic (exact) mass is 247 g/mol. The fourth-order valence-electron chi connectivity index (χ4n) is 2.22. The first-order valence-corrected chi connectivity index (χ1v) is 6.50. The Hall–Kier alpha value is -1.48. The Morgan fingerprint density at radius 1 is 1.50 bits per heavy atom. The number of hydrogen-bond acceptors (Lipinski definition) is 3. The van der Waals surface area contributed by atoms with Crippen LogP contribution in [0.4, 0.5) is 0 Å². The lowest BCUT2D eigenvalue weighted by Gasteiger charge is -2.27. The van der Waals surface area contributed by atoms with E-state index in [1.165, 1.54) is 5.56 Å². The lowest BCUT2D eigenvalue weighted by atomic mass is 10.00. The topological polar surface area (TPSA) is 30.5 Å². The molecule has 0 aliphatic carbocycles. The van der Waals surface area contributed by atoms with E-state index in [9.17, 15) is 0 Å². The third-order valence-electron chi connectivity index (χ3n) is 3.19. The van der Waals surface area contributed by atoms with Gasteiger partial charge in [0.2, 0.25) is 0 Å². The van der Waals surface area contributed by atoms with Crippen LogP contribution < -0.4 is 14.8 Å². The first-order valence-electron chi connectivity index (χ1n) is 6.50. The van der Waals surface area contributed by atoms with Gasteiger partial charge in [-0.25, -0.2) is 0 Å². The predicted octanol–water partition coefficient (Wildman–Crippen LogP) is 3.07. The van der Waals surface area contributed by atoms with Crippen LogP contribution in [0.25, 0.3) is 0 Å². The number of methoxy groups -OCH3 is 1. The molecule has 0 amide bonds. The standard InChI is InChI=1S/C15H21NO2/c1-3-4-5-9-16-14-8-10-18-15-7-6-12(17-2)11-13(14)15/h3-4,6-7,11,14,16H,5,8-10H2,1-2H3/b4-3+. The molecule has 2 rings (SSSR count). The highest BCUT2D eigenvalue weighted by atomic mass is 16.5. The van der Waals surface area contributed by atoms with E-state index in [1.54, 1.807) is 7.11 Å². The number of ether oxygens (including phenoxy) is 2. The van der Waals surface area contributed by atoms with Crippen molar-refractivity contribution in [3.8, 4) is 11.5 Å². The van der Waals surface area contributed by atoms with E-state index in [0.717, 1.165) is 37.5 Å². The number of nitrogens with one attached hydrogen (secondary N) is 1. The van der Waals surface area contributed by atoms with Crippen molar-refractivity contribution in [3.05, 3.63) is 35.9 Å². The molecule has 1 aliphatic heterocycles. The summed E-state index contributed by atoms with van der Waals surface area (Å²) in [5.74, 6) is 1.87. The van der Waals surface area contributed by atoms with Crippen LogP contribution in [0.15, 0.2) is 30.4 Å². The smallest absolute Gasteiger partial charge is 0.124 e. The lowest BCUT2D eigenvalue weighted by Crippen LogP contribution is -2.27. The number of allylic oxidation sites excluding steroid dienone is 1. The van der Waals surface area contributed by atoms with Crippen LogP contribution in [0, 0.1) is 0 Å². The van der Waals surface area contributed by atoms with Crippen molar-refractivity contribution in [3.63, 3.8) is 0 Å². The number of hydrogen-bond donors (Lipinski definition) is 1. The van der Waals surface area contributed by atoms with Crippen molar-refractivity contribution in [2.45, 2.75) is 25.8 Å². The van der Waals surface area contributed by atoms with E-state index < -0.39 is 0 Å². The summed E-state index contributed by atoms with van der Waals surface area (Å²) in [6, 6.07) is 6.38. The minimum atomic E-state index is 0.370. The molecule has 0 spiro atoms. The summed E-state index contributed by atoms with van der Waals surface area (Å²) in [5.41, 5.74) is 1.21. The molecule has 1 aromatic carbocycles. The molecule has 0 saturated carbocycles. The lowest BCUT2D eigenvalue weighted by molar-refractivity contribution is 0.252. The van der Waals surface area contributed by atoms with E-state index in [4.69, 9.17) is 9.47 Å². The maximum atomic E-state index is 5.67. The fraction of sp³-hybridized carbons (Fsp3) is 0.467. The molecule has 3 nitrogen and oxygen atoms in total. The van der Waals surface area contributed by atoms with Gasteiger partial charge in [0, 0.05) is 18.0 Å². The second-order valence-electron chi connectivity index (χ2n) is 4.41. The van der Waals surface area contributed by atoms with Crippen LogP contribution in [0.5, 0.6) is 11.5 Å². The van der Waals surface area contributed by atoms with Crippen LogP contribution in [0.2, 0.25) is 0 Å².